The summed E-state index contributed by atoms with van der Waals surface area (Å²) in [6.45, 7) is 3.26. The second-order valence-corrected chi connectivity index (χ2v) is 8.27. The lowest BCUT2D eigenvalue weighted by molar-refractivity contribution is -0.143. The predicted molar refractivity (Wildman–Crippen MR) is 89.6 cm³/mol. The second-order valence-electron chi connectivity index (χ2n) is 8.27. The molecule has 0 radical (unpaired) electrons. The summed E-state index contributed by atoms with van der Waals surface area (Å²) < 4.78 is 6.17. The molecule has 5 unspecified atom stereocenters. The largest absolute Gasteiger partial charge is 0.479 e. The van der Waals surface area contributed by atoms with Gasteiger partial charge in [-0.2, -0.15) is 0 Å². The number of fused-ring (bicyclic) bond motifs is 2. The topological polar surface area (TPSA) is 67.8 Å². The van der Waals surface area contributed by atoms with Crippen LogP contribution in [0.3, 0.4) is 0 Å². The molecule has 1 heterocycles. The molecule has 5 atom stereocenters. The van der Waals surface area contributed by atoms with Crippen molar-refractivity contribution in [1.29, 1.82) is 0 Å². The van der Waals surface area contributed by atoms with Crippen molar-refractivity contribution in [3.05, 3.63) is 28.2 Å². The van der Waals surface area contributed by atoms with Crippen LogP contribution in [-0.4, -0.2) is 25.5 Å². The van der Waals surface area contributed by atoms with Gasteiger partial charge in [-0.1, -0.05) is 13.0 Å². The van der Waals surface area contributed by atoms with Crippen LogP contribution in [0.15, 0.2) is 17.3 Å². The van der Waals surface area contributed by atoms with E-state index in [2.05, 4.69) is 17.4 Å². The fraction of sp³-hybridized carbons (Fsp3) is 0.632. The number of ketones is 1. The smallest absolute Gasteiger partial charge is 0.174 e. The zero-order valence-electron chi connectivity index (χ0n) is 14.1. The number of hydrogen-bond donors (Lipinski definition) is 1. The molecule has 0 amide bonds. The van der Waals surface area contributed by atoms with E-state index in [9.17, 15) is 9.70 Å². The molecule has 1 aromatic carbocycles. The molecular formula is C19H22N2O3. The lowest BCUT2D eigenvalue weighted by Gasteiger charge is -2.66. The minimum absolute atomic E-state index is 0.172. The Hall–Kier alpha value is -1.75. The van der Waals surface area contributed by atoms with Gasteiger partial charge in [0.2, 0.25) is 0 Å². The summed E-state index contributed by atoms with van der Waals surface area (Å²) in [5, 5.41) is 6.53. The number of nitrogens with one attached hydrogen (secondary N) is 1. The molecule has 2 fully saturated rings. The molecule has 0 saturated heterocycles. The molecule has 1 aliphatic heterocycles. The van der Waals surface area contributed by atoms with Crippen molar-refractivity contribution in [1.82, 2.24) is 5.32 Å². The van der Waals surface area contributed by atoms with Crippen molar-refractivity contribution in [3.8, 4) is 5.75 Å². The molecule has 1 aromatic rings. The summed E-state index contributed by atoms with van der Waals surface area (Å²) in [6.07, 6.45) is 3.07. The van der Waals surface area contributed by atoms with Crippen LogP contribution in [0.1, 0.15) is 37.3 Å². The minimum Gasteiger partial charge on any atom is -0.479 e. The fourth-order valence-electron chi connectivity index (χ4n) is 6.84. The van der Waals surface area contributed by atoms with Crippen LogP contribution < -0.4 is 10.1 Å². The highest BCUT2D eigenvalue weighted by molar-refractivity contribution is 5.89. The number of nitroso groups, excluding NO2 is 1. The van der Waals surface area contributed by atoms with Gasteiger partial charge in [0.1, 0.15) is 5.69 Å². The number of Topliss-reactive ketones (excluding diaryl/α,β-unsaturated/α-hetero) is 1. The highest BCUT2D eigenvalue weighted by atomic mass is 16.5. The number of carbonyl (C=O) groups excluding carboxylic acids is 1. The van der Waals surface area contributed by atoms with Crippen LogP contribution >= 0.6 is 0 Å². The van der Waals surface area contributed by atoms with Gasteiger partial charge in [0.05, 0.1) is 0 Å². The molecule has 4 aliphatic rings. The molecule has 5 nitrogen and oxygen atoms in total. The molecule has 5 heteroatoms. The molecule has 2 bridgehead atoms. The number of hydrogen-bond acceptors (Lipinski definition) is 5. The van der Waals surface area contributed by atoms with Crippen molar-refractivity contribution in [3.63, 3.8) is 0 Å². The Morgan fingerprint density at radius 2 is 2.25 bits per heavy atom. The van der Waals surface area contributed by atoms with E-state index >= 15 is 0 Å². The average molecular weight is 326 g/mol. The zero-order chi connectivity index (χ0) is 16.7. The van der Waals surface area contributed by atoms with Crippen molar-refractivity contribution in [2.24, 2.45) is 22.4 Å². The highest BCUT2D eigenvalue weighted by Crippen LogP contribution is 2.74. The van der Waals surface area contributed by atoms with Crippen molar-refractivity contribution in [2.75, 3.05) is 13.6 Å². The maximum Gasteiger partial charge on any atom is 0.174 e. The van der Waals surface area contributed by atoms with Crippen LogP contribution in [0, 0.1) is 22.2 Å². The molecule has 126 valence electrons. The lowest BCUT2D eigenvalue weighted by Crippen LogP contribution is -2.68. The highest BCUT2D eigenvalue weighted by Gasteiger charge is 2.75. The van der Waals surface area contributed by atoms with E-state index in [0.29, 0.717) is 29.7 Å². The predicted octanol–water partition coefficient (Wildman–Crippen LogP) is 2.86. The quantitative estimate of drug-likeness (QED) is 0.867. The van der Waals surface area contributed by atoms with Gasteiger partial charge in [0.15, 0.2) is 17.6 Å². The Labute approximate surface area is 141 Å². The summed E-state index contributed by atoms with van der Waals surface area (Å²) in [6, 6.07) is 3.77. The third-order valence-electron chi connectivity index (χ3n) is 7.15. The van der Waals surface area contributed by atoms with Gasteiger partial charge in [-0.05, 0) is 60.4 Å². The number of benzene rings is 1. The van der Waals surface area contributed by atoms with Gasteiger partial charge in [-0.3, -0.25) is 4.79 Å². The van der Waals surface area contributed by atoms with Gasteiger partial charge in [0, 0.05) is 23.9 Å². The molecule has 24 heavy (non-hydrogen) atoms. The van der Waals surface area contributed by atoms with Crippen LogP contribution in [0.4, 0.5) is 5.69 Å². The Morgan fingerprint density at radius 3 is 3.00 bits per heavy atom. The third kappa shape index (κ3) is 1.40. The van der Waals surface area contributed by atoms with Crippen molar-refractivity contribution in [2.45, 2.75) is 44.1 Å². The molecule has 5 rings (SSSR count). The first kappa shape index (κ1) is 14.6. The summed E-state index contributed by atoms with van der Waals surface area (Å²) in [7, 11) is 2.00. The molecule has 3 aliphatic carbocycles. The molecule has 1 spiro atoms. The lowest BCUT2D eigenvalue weighted by atomic mass is 9.37. The van der Waals surface area contributed by atoms with Crippen LogP contribution in [0.25, 0.3) is 0 Å². The van der Waals surface area contributed by atoms with Crippen LogP contribution in [0.2, 0.25) is 0 Å². The average Bonchev–Trinajstić information content (AvgIpc) is 2.80. The van der Waals surface area contributed by atoms with Gasteiger partial charge >= 0.3 is 0 Å². The third-order valence-corrected chi connectivity index (χ3v) is 7.15. The normalized spacial score (nSPS) is 41.1. The van der Waals surface area contributed by atoms with Gasteiger partial charge in [-0.15, -0.1) is 4.91 Å². The van der Waals surface area contributed by atoms with E-state index in [1.54, 1.807) is 6.07 Å². The molecule has 1 N–H and O–H groups in total. The maximum absolute atomic E-state index is 12.9. The zero-order valence-corrected chi connectivity index (χ0v) is 14.1. The summed E-state index contributed by atoms with van der Waals surface area (Å²) in [5.74, 6) is 1.74. The Morgan fingerprint density at radius 1 is 1.42 bits per heavy atom. The molecule has 0 aromatic heterocycles. The van der Waals surface area contributed by atoms with E-state index in [0.717, 1.165) is 31.4 Å². The number of rotatable bonds is 3. The minimum atomic E-state index is -0.422. The van der Waals surface area contributed by atoms with Gasteiger partial charge < -0.3 is 10.1 Å². The maximum atomic E-state index is 12.9. The first-order chi connectivity index (χ1) is 11.6. The Bertz CT molecular complexity index is 776. The van der Waals surface area contributed by atoms with E-state index in [4.69, 9.17) is 4.74 Å². The molecule has 2 saturated carbocycles. The first-order valence-corrected chi connectivity index (χ1v) is 8.91. The van der Waals surface area contributed by atoms with E-state index in [1.165, 1.54) is 5.56 Å². The number of ether oxygens (including phenoxy) is 1. The van der Waals surface area contributed by atoms with Gasteiger partial charge in [0.25, 0.3) is 0 Å². The van der Waals surface area contributed by atoms with Gasteiger partial charge in [-0.25, -0.2) is 0 Å². The standard InChI is InChI=1S/C19H22N2O3/c1-10-7-11-3-4-12(21-23)15-14(11)19-8-18(9-20-2,16(10)19)6-5-13(22)17(19)24-15/h3-4,10,16-17,20H,5-9H2,1-2H3. The van der Waals surface area contributed by atoms with Crippen molar-refractivity contribution >= 4 is 11.5 Å². The molecular weight excluding hydrogens is 304 g/mol. The summed E-state index contributed by atoms with van der Waals surface area (Å²) in [5.41, 5.74) is 2.67. The second kappa shape index (κ2) is 4.45. The first-order valence-electron chi connectivity index (χ1n) is 8.91. The summed E-state index contributed by atoms with van der Waals surface area (Å²) in [4.78, 5) is 24.1. The number of carbonyl (C=O) groups is 1. The summed E-state index contributed by atoms with van der Waals surface area (Å²) >= 11 is 0. The Kier molecular flexibility index (Phi) is 2.70. The SMILES string of the molecule is CNCC12CCC(=O)C3Oc4c(N=O)ccc5c4C3(C1)C2C(C)C5. The monoisotopic (exact) mass is 326 g/mol. The van der Waals surface area contributed by atoms with E-state index in [-0.39, 0.29) is 16.6 Å². The Balaban J connectivity index is 1.78. The number of nitrogens with zero attached hydrogens (tertiary/aromatic N) is 1. The van der Waals surface area contributed by atoms with E-state index in [1.807, 2.05) is 13.1 Å². The van der Waals surface area contributed by atoms with Crippen LogP contribution in [0.5, 0.6) is 5.75 Å². The van der Waals surface area contributed by atoms with Crippen LogP contribution in [-0.2, 0) is 16.6 Å². The fourth-order valence-corrected chi connectivity index (χ4v) is 6.84. The van der Waals surface area contributed by atoms with E-state index < -0.39 is 6.10 Å². The van der Waals surface area contributed by atoms with Crippen molar-refractivity contribution < 1.29 is 9.53 Å².